The van der Waals surface area contributed by atoms with Gasteiger partial charge in [0.25, 0.3) is 11.6 Å². The predicted molar refractivity (Wildman–Crippen MR) is 79.0 cm³/mol. The first kappa shape index (κ1) is 15.5. The van der Waals surface area contributed by atoms with E-state index in [1.807, 2.05) is 6.92 Å². The van der Waals surface area contributed by atoms with Gasteiger partial charge in [-0.1, -0.05) is 13.8 Å². The molecule has 0 aromatic carbocycles. The molecule has 1 aromatic rings. The monoisotopic (exact) mass is 294 g/mol. The standard InChI is InChI=1S/C14H22N4O3/c1-3-5-16-8-11(18(20)21)7-13(16)14(19)17-6-4-10(2)12(15)9-17/h7-8,10,12H,3-6,9,15H2,1-2H3. The molecule has 21 heavy (non-hydrogen) atoms. The van der Waals surface area contributed by atoms with Gasteiger partial charge in [0.15, 0.2) is 0 Å². The molecule has 1 saturated heterocycles. The molecule has 116 valence electrons. The molecular formula is C14H22N4O3. The third-order valence-electron chi connectivity index (χ3n) is 4.08. The molecule has 1 aliphatic rings. The number of amides is 1. The molecule has 2 unspecified atom stereocenters. The molecular weight excluding hydrogens is 272 g/mol. The van der Waals surface area contributed by atoms with E-state index in [0.29, 0.717) is 31.2 Å². The molecule has 1 aromatic heterocycles. The Morgan fingerprint density at radius 1 is 1.57 bits per heavy atom. The average molecular weight is 294 g/mol. The van der Waals surface area contributed by atoms with Crippen molar-refractivity contribution in [2.45, 2.75) is 39.3 Å². The normalized spacial score (nSPS) is 22.3. The maximum atomic E-state index is 12.6. The zero-order valence-electron chi connectivity index (χ0n) is 12.5. The lowest BCUT2D eigenvalue weighted by atomic mass is 9.94. The van der Waals surface area contributed by atoms with E-state index >= 15 is 0 Å². The van der Waals surface area contributed by atoms with Crippen LogP contribution in [0, 0.1) is 16.0 Å². The second kappa shape index (κ2) is 6.26. The van der Waals surface area contributed by atoms with Gasteiger partial charge in [0.05, 0.1) is 11.1 Å². The minimum absolute atomic E-state index is 0.0349. The van der Waals surface area contributed by atoms with Gasteiger partial charge >= 0.3 is 0 Å². The van der Waals surface area contributed by atoms with Crippen LogP contribution in [0.1, 0.15) is 37.2 Å². The van der Waals surface area contributed by atoms with Gasteiger partial charge in [0, 0.05) is 31.7 Å². The van der Waals surface area contributed by atoms with Crippen molar-refractivity contribution >= 4 is 11.6 Å². The lowest BCUT2D eigenvalue weighted by Gasteiger charge is -2.35. The smallest absolute Gasteiger partial charge is 0.287 e. The number of aryl methyl sites for hydroxylation is 1. The summed E-state index contributed by atoms with van der Waals surface area (Å²) in [6, 6.07) is 1.33. The highest BCUT2D eigenvalue weighted by atomic mass is 16.6. The zero-order valence-corrected chi connectivity index (χ0v) is 12.5. The van der Waals surface area contributed by atoms with Crippen molar-refractivity contribution in [2.75, 3.05) is 13.1 Å². The summed E-state index contributed by atoms with van der Waals surface area (Å²) in [5.74, 6) is 0.227. The highest BCUT2D eigenvalue weighted by Crippen LogP contribution is 2.22. The molecule has 2 heterocycles. The minimum atomic E-state index is -0.465. The van der Waals surface area contributed by atoms with E-state index < -0.39 is 4.92 Å². The van der Waals surface area contributed by atoms with Crippen LogP contribution in [0.5, 0.6) is 0 Å². The van der Waals surface area contributed by atoms with Crippen LogP contribution in [0.15, 0.2) is 12.3 Å². The van der Waals surface area contributed by atoms with Gasteiger partial charge in [-0.2, -0.15) is 0 Å². The van der Waals surface area contributed by atoms with E-state index in [1.165, 1.54) is 12.3 Å². The Morgan fingerprint density at radius 2 is 2.29 bits per heavy atom. The zero-order chi connectivity index (χ0) is 15.6. The molecule has 2 N–H and O–H groups in total. The molecule has 7 nitrogen and oxygen atoms in total. The summed E-state index contributed by atoms with van der Waals surface area (Å²) in [5.41, 5.74) is 6.37. The van der Waals surface area contributed by atoms with E-state index in [2.05, 4.69) is 6.92 Å². The largest absolute Gasteiger partial charge is 0.337 e. The Kier molecular flexibility index (Phi) is 4.62. The average Bonchev–Trinajstić information content (AvgIpc) is 2.86. The number of rotatable bonds is 4. The summed E-state index contributed by atoms with van der Waals surface area (Å²) < 4.78 is 1.67. The molecule has 1 fully saturated rings. The Morgan fingerprint density at radius 3 is 2.86 bits per heavy atom. The van der Waals surface area contributed by atoms with Gasteiger partial charge in [-0.05, 0) is 18.8 Å². The van der Waals surface area contributed by atoms with Crippen molar-refractivity contribution in [1.29, 1.82) is 0 Å². The quantitative estimate of drug-likeness (QED) is 0.674. The molecule has 2 rings (SSSR count). The third kappa shape index (κ3) is 3.24. The number of nitrogens with zero attached hydrogens (tertiary/aromatic N) is 3. The Bertz CT molecular complexity index is 540. The second-order valence-electron chi connectivity index (χ2n) is 5.72. The van der Waals surface area contributed by atoms with Gasteiger partial charge in [-0.25, -0.2) is 0 Å². The fraction of sp³-hybridized carbons (Fsp3) is 0.643. The molecule has 0 spiro atoms. The molecule has 1 aliphatic heterocycles. The molecule has 1 amide bonds. The highest BCUT2D eigenvalue weighted by molar-refractivity contribution is 5.93. The van der Waals surface area contributed by atoms with Crippen molar-refractivity contribution < 1.29 is 9.72 Å². The summed E-state index contributed by atoms with van der Waals surface area (Å²) in [6.07, 6.45) is 3.11. The number of piperidine rings is 1. The first-order chi connectivity index (χ1) is 9.93. The molecule has 0 aliphatic carbocycles. The number of nitro groups is 1. The van der Waals surface area contributed by atoms with Crippen LogP contribution in [0.2, 0.25) is 0 Å². The van der Waals surface area contributed by atoms with E-state index in [1.54, 1.807) is 9.47 Å². The molecule has 0 radical (unpaired) electrons. The Balaban J connectivity index is 2.23. The number of carbonyl (C=O) groups excluding carboxylic acids is 1. The number of hydrogen-bond acceptors (Lipinski definition) is 4. The van der Waals surface area contributed by atoms with E-state index in [-0.39, 0.29) is 17.6 Å². The van der Waals surface area contributed by atoms with Gasteiger partial charge in [0.1, 0.15) is 5.69 Å². The topological polar surface area (TPSA) is 94.4 Å². The fourth-order valence-corrected chi connectivity index (χ4v) is 2.65. The van der Waals surface area contributed by atoms with Crippen LogP contribution < -0.4 is 5.73 Å². The molecule has 2 atom stereocenters. The fourth-order valence-electron chi connectivity index (χ4n) is 2.65. The Hall–Kier alpha value is -1.89. The van der Waals surface area contributed by atoms with E-state index in [4.69, 9.17) is 5.73 Å². The highest BCUT2D eigenvalue weighted by Gasteiger charge is 2.29. The van der Waals surface area contributed by atoms with Crippen molar-refractivity contribution in [1.82, 2.24) is 9.47 Å². The van der Waals surface area contributed by atoms with Crippen LogP contribution in [0.25, 0.3) is 0 Å². The van der Waals surface area contributed by atoms with Gasteiger partial charge in [-0.3, -0.25) is 14.9 Å². The minimum Gasteiger partial charge on any atom is -0.337 e. The Labute approximate surface area is 123 Å². The predicted octanol–water partition coefficient (Wildman–Crippen LogP) is 1.62. The lowest BCUT2D eigenvalue weighted by molar-refractivity contribution is -0.384. The lowest BCUT2D eigenvalue weighted by Crippen LogP contribution is -2.50. The number of likely N-dealkylation sites (tertiary alicyclic amines) is 1. The van der Waals surface area contributed by atoms with Crippen LogP contribution in [-0.2, 0) is 6.54 Å². The molecule has 0 saturated carbocycles. The van der Waals surface area contributed by atoms with Crippen LogP contribution in [0.3, 0.4) is 0 Å². The summed E-state index contributed by atoms with van der Waals surface area (Å²) >= 11 is 0. The first-order valence-corrected chi connectivity index (χ1v) is 7.33. The number of aromatic nitrogens is 1. The number of nitrogens with two attached hydrogens (primary N) is 1. The van der Waals surface area contributed by atoms with Gasteiger partial charge in [-0.15, -0.1) is 0 Å². The summed E-state index contributed by atoms with van der Waals surface area (Å²) in [7, 11) is 0. The van der Waals surface area contributed by atoms with E-state index in [9.17, 15) is 14.9 Å². The second-order valence-corrected chi connectivity index (χ2v) is 5.72. The van der Waals surface area contributed by atoms with Crippen molar-refractivity contribution in [3.05, 3.63) is 28.1 Å². The number of hydrogen-bond donors (Lipinski definition) is 1. The van der Waals surface area contributed by atoms with Crippen LogP contribution in [-0.4, -0.2) is 39.4 Å². The summed E-state index contributed by atoms with van der Waals surface area (Å²) in [5, 5.41) is 10.9. The van der Waals surface area contributed by atoms with Crippen molar-refractivity contribution in [2.24, 2.45) is 11.7 Å². The van der Waals surface area contributed by atoms with Crippen molar-refractivity contribution in [3.63, 3.8) is 0 Å². The number of carbonyl (C=O) groups is 1. The maximum absolute atomic E-state index is 12.6. The molecule has 7 heteroatoms. The maximum Gasteiger partial charge on any atom is 0.287 e. The SMILES string of the molecule is CCCn1cc([N+](=O)[O-])cc1C(=O)N1CCC(C)C(N)C1. The van der Waals surface area contributed by atoms with Crippen molar-refractivity contribution in [3.8, 4) is 0 Å². The van der Waals surface area contributed by atoms with Crippen LogP contribution in [0.4, 0.5) is 5.69 Å². The molecule has 0 bridgehead atoms. The van der Waals surface area contributed by atoms with Crippen LogP contribution >= 0.6 is 0 Å². The summed E-state index contributed by atoms with van der Waals surface area (Å²) in [6.45, 7) is 5.80. The van der Waals surface area contributed by atoms with Gasteiger partial charge < -0.3 is 15.2 Å². The third-order valence-corrected chi connectivity index (χ3v) is 4.08. The first-order valence-electron chi connectivity index (χ1n) is 7.33. The van der Waals surface area contributed by atoms with E-state index in [0.717, 1.165) is 12.8 Å². The summed E-state index contributed by atoms with van der Waals surface area (Å²) in [4.78, 5) is 24.8. The van der Waals surface area contributed by atoms with Gasteiger partial charge in [0.2, 0.25) is 0 Å².